The van der Waals surface area contributed by atoms with E-state index >= 15 is 0 Å². The van der Waals surface area contributed by atoms with Crippen LogP contribution in [0.4, 0.5) is 0 Å². The number of hydrogen-bond donors (Lipinski definition) is 2. The van der Waals surface area contributed by atoms with Crippen molar-refractivity contribution >= 4 is 11.7 Å². The summed E-state index contributed by atoms with van der Waals surface area (Å²) >= 11 is 0. The van der Waals surface area contributed by atoms with Gasteiger partial charge in [0.15, 0.2) is 0 Å². The summed E-state index contributed by atoms with van der Waals surface area (Å²) in [4.78, 5) is 21.6. The maximum absolute atomic E-state index is 11.1. The van der Waals surface area contributed by atoms with E-state index < -0.39 is 6.04 Å². The molecular formula is C10H22N2O2. The van der Waals surface area contributed by atoms with Crippen LogP contribution in [0.15, 0.2) is 0 Å². The third-order valence-electron chi connectivity index (χ3n) is 1.53. The fraction of sp³-hybridized carbons (Fsp3) is 0.800. The van der Waals surface area contributed by atoms with Crippen LogP contribution < -0.4 is 11.1 Å². The average molecular weight is 202 g/mol. The molecule has 1 unspecified atom stereocenters. The van der Waals surface area contributed by atoms with Gasteiger partial charge < -0.3 is 11.1 Å². The van der Waals surface area contributed by atoms with Crippen molar-refractivity contribution in [3.63, 3.8) is 0 Å². The summed E-state index contributed by atoms with van der Waals surface area (Å²) in [5.41, 5.74) is 5.52. The van der Waals surface area contributed by atoms with Gasteiger partial charge in [-0.25, -0.2) is 0 Å². The van der Waals surface area contributed by atoms with Gasteiger partial charge in [-0.3, -0.25) is 9.59 Å². The molecule has 0 aromatic heterocycles. The number of amides is 1. The molecule has 4 nitrogen and oxygen atoms in total. The van der Waals surface area contributed by atoms with Crippen LogP contribution in [0.2, 0.25) is 0 Å². The Morgan fingerprint density at radius 1 is 1.29 bits per heavy atom. The first-order chi connectivity index (χ1) is 6.45. The maximum atomic E-state index is 11.1. The second kappa shape index (κ2) is 8.69. The van der Waals surface area contributed by atoms with Crippen molar-refractivity contribution in [3.05, 3.63) is 0 Å². The van der Waals surface area contributed by atoms with Gasteiger partial charge >= 0.3 is 0 Å². The Bertz CT molecular complexity index is 179. The molecule has 84 valence electrons. The fourth-order valence-corrected chi connectivity index (χ4v) is 0.632. The molecule has 0 aliphatic heterocycles. The Morgan fingerprint density at radius 3 is 2.00 bits per heavy atom. The highest BCUT2D eigenvalue weighted by molar-refractivity contribution is 5.87. The highest BCUT2D eigenvalue weighted by atomic mass is 16.2. The molecule has 0 rings (SSSR count). The molecule has 1 amide bonds. The van der Waals surface area contributed by atoms with E-state index in [4.69, 9.17) is 5.73 Å². The molecule has 0 bridgehead atoms. The third-order valence-corrected chi connectivity index (χ3v) is 1.53. The monoisotopic (exact) mass is 202 g/mol. The lowest BCUT2D eigenvalue weighted by Gasteiger charge is -2.14. The molecule has 4 heteroatoms. The second-order valence-electron chi connectivity index (χ2n) is 3.19. The first-order valence-corrected chi connectivity index (χ1v) is 4.98. The van der Waals surface area contributed by atoms with Gasteiger partial charge in [0.2, 0.25) is 5.91 Å². The van der Waals surface area contributed by atoms with Crippen molar-refractivity contribution in [1.82, 2.24) is 5.32 Å². The molecule has 0 aliphatic rings. The normalized spacial score (nSPS) is 11.4. The Kier molecular flexibility index (Phi) is 9.66. The lowest BCUT2D eigenvalue weighted by atomic mass is 10.1. The summed E-state index contributed by atoms with van der Waals surface area (Å²) in [6, 6.07) is -0.524. The van der Waals surface area contributed by atoms with Crippen molar-refractivity contribution in [2.75, 3.05) is 6.54 Å². The summed E-state index contributed by atoms with van der Waals surface area (Å²) in [5, 5.41) is 2.45. The third kappa shape index (κ3) is 7.73. The predicted octanol–water partition coefficient (Wildman–Crippen LogP) is 0.701. The molecule has 0 fully saturated rings. The molecule has 14 heavy (non-hydrogen) atoms. The summed E-state index contributed by atoms with van der Waals surface area (Å²) in [7, 11) is 0. The minimum atomic E-state index is -0.524. The zero-order valence-corrected chi connectivity index (χ0v) is 9.76. The number of Topliss-reactive ketones (excluding diaryl/α,β-unsaturated/α-hetero) is 1. The Hall–Kier alpha value is -0.900. The summed E-state index contributed by atoms with van der Waals surface area (Å²) < 4.78 is 0. The van der Waals surface area contributed by atoms with Gasteiger partial charge in [-0.1, -0.05) is 27.7 Å². The quantitative estimate of drug-likeness (QED) is 0.705. The lowest BCUT2D eigenvalue weighted by molar-refractivity contribution is -0.126. The zero-order valence-electron chi connectivity index (χ0n) is 9.76. The van der Waals surface area contributed by atoms with Gasteiger partial charge in [-0.15, -0.1) is 0 Å². The fourth-order valence-electron chi connectivity index (χ4n) is 0.632. The van der Waals surface area contributed by atoms with Gasteiger partial charge in [0.25, 0.3) is 0 Å². The van der Waals surface area contributed by atoms with Crippen molar-refractivity contribution < 1.29 is 9.59 Å². The van der Waals surface area contributed by atoms with Gasteiger partial charge in [-0.05, 0) is 12.8 Å². The van der Waals surface area contributed by atoms with Crippen LogP contribution in [0, 0.1) is 5.92 Å². The smallest absolute Gasteiger partial charge is 0.237 e. The number of rotatable bonds is 4. The van der Waals surface area contributed by atoms with E-state index in [1.807, 2.05) is 27.7 Å². The molecule has 0 spiro atoms. The highest BCUT2D eigenvalue weighted by Gasteiger charge is 2.16. The van der Waals surface area contributed by atoms with Crippen LogP contribution in [0.3, 0.4) is 0 Å². The molecule has 0 aromatic rings. The van der Waals surface area contributed by atoms with Crippen LogP contribution in [0.1, 0.15) is 34.6 Å². The van der Waals surface area contributed by atoms with Gasteiger partial charge in [0.05, 0.1) is 12.6 Å². The molecular weight excluding hydrogens is 180 g/mol. The predicted molar refractivity (Wildman–Crippen MR) is 57.9 cm³/mol. The molecule has 3 N–H and O–H groups in total. The molecule has 0 aromatic carbocycles. The van der Waals surface area contributed by atoms with Crippen molar-refractivity contribution in [2.45, 2.75) is 40.7 Å². The SMILES string of the molecule is CC.CC(=O)CNC(=O)C(N)C(C)C. The number of carbonyl (C=O) groups excluding carboxylic acids is 2. The second-order valence-corrected chi connectivity index (χ2v) is 3.19. The van der Waals surface area contributed by atoms with Gasteiger partial charge in [0.1, 0.15) is 5.78 Å². The van der Waals surface area contributed by atoms with Crippen LogP contribution >= 0.6 is 0 Å². The summed E-state index contributed by atoms with van der Waals surface area (Å²) in [5.74, 6) is -0.239. The number of carbonyl (C=O) groups is 2. The number of nitrogens with one attached hydrogen (secondary N) is 1. The van der Waals surface area contributed by atoms with Gasteiger partial charge in [-0.2, -0.15) is 0 Å². The minimum Gasteiger partial charge on any atom is -0.348 e. The highest BCUT2D eigenvalue weighted by Crippen LogP contribution is 1.97. The Morgan fingerprint density at radius 2 is 1.71 bits per heavy atom. The minimum absolute atomic E-state index is 0.0687. The van der Waals surface area contributed by atoms with E-state index in [0.29, 0.717) is 0 Å². The number of nitrogens with two attached hydrogens (primary N) is 1. The molecule has 0 saturated heterocycles. The van der Waals surface area contributed by atoms with E-state index in [9.17, 15) is 9.59 Å². The number of ketones is 1. The summed E-state index contributed by atoms with van der Waals surface area (Å²) in [6.07, 6.45) is 0. The Balaban J connectivity index is 0. The maximum Gasteiger partial charge on any atom is 0.237 e. The molecule has 0 radical (unpaired) electrons. The molecule has 0 aliphatic carbocycles. The number of hydrogen-bond acceptors (Lipinski definition) is 3. The van der Waals surface area contributed by atoms with Crippen molar-refractivity contribution in [3.8, 4) is 0 Å². The lowest BCUT2D eigenvalue weighted by Crippen LogP contribution is -2.45. The van der Waals surface area contributed by atoms with Crippen LogP contribution in [0.5, 0.6) is 0 Å². The summed E-state index contributed by atoms with van der Waals surface area (Å²) in [6.45, 7) is 9.20. The van der Waals surface area contributed by atoms with Crippen LogP contribution in [0.25, 0.3) is 0 Å². The van der Waals surface area contributed by atoms with E-state index in [2.05, 4.69) is 5.32 Å². The van der Waals surface area contributed by atoms with Crippen LogP contribution in [-0.2, 0) is 9.59 Å². The van der Waals surface area contributed by atoms with E-state index in [0.717, 1.165) is 0 Å². The van der Waals surface area contributed by atoms with E-state index in [1.165, 1.54) is 6.92 Å². The van der Waals surface area contributed by atoms with E-state index in [1.54, 1.807) is 0 Å². The zero-order chi connectivity index (χ0) is 11.7. The largest absolute Gasteiger partial charge is 0.348 e. The molecule has 0 heterocycles. The standard InChI is InChI=1S/C8H16N2O2.C2H6/c1-5(2)7(9)8(12)10-4-6(3)11;1-2/h5,7H,4,9H2,1-3H3,(H,10,12);1-2H3. The molecule has 0 saturated carbocycles. The topological polar surface area (TPSA) is 72.2 Å². The van der Waals surface area contributed by atoms with Crippen LogP contribution in [-0.4, -0.2) is 24.3 Å². The first-order valence-electron chi connectivity index (χ1n) is 4.98. The van der Waals surface area contributed by atoms with Gasteiger partial charge in [0, 0.05) is 0 Å². The molecule has 1 atom stereocenters. The van der Waals surface area contributed by atoms with Crippen molar-refractivity contribution in [1.29, 1.82) is 0 Å². The average Bonchev–Trinajstić information content (AvgIpc) is 2.15. The van der Waals surface area contributed by atoms with Crippen molar-refractivity contribution in [2.24, 2.45) is 11.7 Å². The Labute approximate surface area is 86.2 Å². The first kappa shape index (κ1) is 15.6. The van der Waals surface area contributed by atoms with E-state index in [-0.39, 0.29) is 24.2 Å².